The second-order valence-corrected chi connectivity index (χ2v) is 9.19. The molecule has 5 heteroatoms. The molecule has 1 aromatic rings. The minimum absolute atomic E-state index is 0.0526. The normalized spacial score (nSPS) is 36.7. The van der Waals surface area contributed by atoms with Crippen LogP contribution >= 0.6 is 0 Å². The minimum Gasteiger partial charge on any atom is -0.387 e. The van der Waals surface area contributed by atoms with Crippen LogP contribution in [0.15, 0.2) is 29.2 Å². The van der Waals surface area contributed by atoms with Gasteiger partial charge in [0.25, 0.3) is 10.1 Å². The van der Waals surface area contributed by atoms with E-state index in [1.54, 1.807) is 31.2 Å². The highest BCUT2D eigenvalue weighted by atomic mass is 32.2. The lowest BCUT2D eigenvalue weighted by molar-refractivity contribution is -0.237. The van der Waals surface area contributed by atoms with Crippen LogP contribution in [0.3, 0.4) is 0 Å². The summed E-state index contributed by atoms with van der Waals surface area (Å²) in [5, 5.41) is 10.8. The van der Waals surface area contributed by atoms with Crippen molar-refractivity contribution in [3.05, 3.63) is 29.8 Å². The van der Waals surface area contributed by atoms with Crippen LogP contribution in [0.25, 0.3) is 0 Å². The fourth-order valence-electron chi connectivity index (χ4n) is 4.18. The van der Waals surface area contributed by atoms with Crippen molar-refractivity contribution < 1.29 is 17.7 Å². The molecule has 0 saturated heterocycles. The first-order chi connectivity index (χ1) is 10.0. The van der Waals surface area contributed by atoms with E-state index in [9.17, 15) is 13.5 Å². The predicted octanol–water partition coefficient (Wildman–Crippen LogP) is 2.89. The maximum atomic E-state index is 12.4. The van der Waals surface area contributed by atoms with Crippen LogP contribution in [0, 0.1) is 24.2 Å². The Balaban J connectivity index is 1.83. The summed E-state index contributed by atoms with van der Waals surface area (Å²) in [5.74, 6) is 0.493. The summed E-state index contributed by atoms with van der Waals surface area (Å²) in [6.07, 6.45) is 0.863. The fourth-order valence-corrected chi connectivity index (χ4v) is 5.34. The molecule has 0 radical (unpaired) electrons. The van der Waals surface area contributed by atoms with Gasteiger partial charge in [-0.3, -0.25) is 4.18 Å². The summed E-state index contributed by atoms with van der Waals surface area (Å²) < 4.78 is 30.3. The second kappa shape index (κ2) is 4.79. The third kappa shape index (κ3) is 2.30. The summed E-state index contributed by atoms with van der Waals surface area (Å²) >= 11 is 0. The molecule has 4 atom stereocenters. The molecule has 4 rings (SSSR count). The van der Waals surface area contributed by atoms with Crippen LogP contribution < -0.4 is 0 Å². The third-order valence-electron chi connectivity index (χ3n) is 5.88. The average Bonchev–Trinajstić information content (AvgIpc) is 2.40. The van der Waals surface area contributed by atoms with Gasteiger partial charge in [-0.25, -0.2) is 0 Å². The number of aliphatic hydroxyl groups is 1. The van der Waals surface area contributed by atoms with Gasteiger partial charge in [0.1, 0.15) is 6.10 Å². The Morgan fingerprint density at radius 1 is 1.14 bits per heavy atom. The predicted molar refractivity (Wildman–Crippen MR) is 83.9 cm³/mol. The van der Waals surface area contributed by atoms with Gasteiger partial charge in [-0.1, -0.05) is 31.5 Å². The molecule has 0 heterocycles. The molecule has 3 aliphatic rings. The van der Waals surface area contributed by atoms with Gasteiger partial charge in [0.15, 0.2) is 0 Å². The monoisotopic (exact) mass is 324 g/mol. The molecule has 22 heavy (non-hydrogen) atoms. The number of benzene rings is 1. The smallest absolute Gasteiger partial charge is 0.297 e. The Morgan fingerprint density at radius 3 is 2.23 bits per heavy atom. The lowest BCUT2D eigenvalue weighted by Crippen LogP contribution is -2.67. The van der Waals surface area contributed by atoms with Gasteiger partial charge < -0.3 is 5.11 Å². The van der Waals surface area contributed by atoms with Crippen molar-refractivity contribution in [1.82, 2.24) is 0 Å². The molecule has 122 valence electrons. The Bertz CT molecular complexity index is 673. The van der Waals surface area contributed by atoms with Crippen LogP contribution in [-0.2, 0) is 14.3 Å². The van der Waals surface area contributed by atoms with E-state index in [2.05, 4.69) is 13.8 Å². The molecule has 1 aromatic carbocycles. The van der Waals surface area contributed by atoms with Crippen LogP contribution in [0.2, 0.25) is 0 Å². The average molecular weight is 324 g/mol. The molecule has 3 saturated carbocycles. The molecule has 3 aliphatic carbocycles. The summed E-state index contributed by atoms with van der Waals surface area (Å²) in [7, 11) is -3.85. The van der Waals surface area contributed by atoms with Gasteiger partial charge in [-0.2, -0.15) is 8.42 Å². The van der Waals surface area contributed by atoms with Crippen molar-refractivity contribution in [1.29, 1.82) is 0 Å². The van der Waals surface area contributed by atoms with Gasteiger partial charge in [0, 0.05) is 0 Å². The number of hydrogen-bond donors (Lipinski definition) is 1. The van der Waals surface area contributed by atoms with Crippen molar-refractivity contribution in [3.63, 3.8) is 0 Å². The largest absolute Gasteiger partial charge is 0.387 e. The second-order valence-electron chi connectivity index (χ2n) is 7.62. The van der Waals surface area contributed by atoms with Crippen molar-refractivity contribution in [2.75, 3.05) is 0 Å². The molecule has 1 N–H and O–H groups in total. The fraction of sp³-hybridized carbons (Fsp3) is 0.647. The van der Waals surface area contributed by atoms with Crippen molar-refractivity contribution >= 4 is 10.1 Å². The van der Waals surface area contributed by atoms with E-state index >= 15 is 0 Å². The van der Waals surface area contributed by atoms with Crippen LogP contribution in [0.1, 0.15) is 39.2 Å². The molecule has 0 aliphatic heterocycles. The Morgan fingerprint density at radius 2 is 1.73 bits per heavy atom. The Labute approximate surface area is 132 Å². The van der Waals surface area contributed by atoms with E-state index in [-0.39, 0.29) is 16.2 Å². The molecule has 0 spiro atoms. The van der Waals surface area contributed by atoms with E-state index < -0.39 is 21.8 Å². The van der Waals surface area contributed by atoms with E-state index in [4.69, 9.17) is 4.18 Å². The number of fused-ring (bicyclic) bond motifs is 2. The lowest BCUT2D eigenvalue weighted by atomic mass is 9.43. The summed E-state index contributed by atoms with van der Waals surface area (Å²) in [4.78, 5) is 0.146. The zero-order valence-electron chi connectivity index (χ0n) is 13.5. The lowest BCUT2D eigenvalue weighted by Gasteiger charge is -2.64. The highest BCUT2D eigenvalue weighted by Crippen LogP contribution is 2.63. The third-order valence-corrected chi connectivity index (χ3v) is 7.21. The van der Waals surface area contributed by atoms with E-state index in [0.29, 0.717) is 12.3 Å². The molecule has 4 nitrogen and oxygen atoms in total. The van der Waals surface area contributed by atoms with Gasteiger partial charge in [0.2, 0.25) is 0 Å². The first kappa shape index (κ1) is 16.0. The Hall–Kier alpha value is -0.910. The maximum Gasteiger partial charge on any atom is 0.297 e. The molecular weight excluding hydrogens is 300 g/mol. The van der Waals surface area contributed by atoms with Crippen LogP contribution in [0.5, 0.6) is 0 Å². The zero-order chi connectivity index (χ0) is 16.3. The molecule has 0 amide bonds. The molecule has 0 unspecified atom stereocenters. The van der Waals surface area contributed by atoms with E-state index in [1.807, 2.05) is 6.92 Å². The van der Waals surface area contributed by atoms with Gasteiger partial charge in [0.05, 0.1) is 10.5 Å². The summed E-state index contributed by atoms with van der Waals surface area (Å²) in [6, 6.07) is 6.59. The van der Waals surface area contributed by atoms with Crippen LogP contribution in [0.4, 0.5) is 0 Å². The molecular formula is C17H24O4S. The number of hydrogen-bond acceptors (Lipinski definition) is 4. The highest BCUT2D eigenvalue weighted by Gasteiger charge is 2.64. The topological polar surface area (TPSA) is 63.6 Å². The maximum absolute atomic E-state index is 12.4. The SMILES string of the molecule is Cc1ccc(S(=O)(=O)O[C@H]2C[C@H]3C[C@@H](C3(C)C)[C@]2(C)O)cc1. The van der Waals surface area contributed by atoms with Gasteiger partial charge in [-0.15, -0.1) is 0 Å². The molecule has 2 bridgehead atoms. The highest BCUT2D eigenvalue weighted by molar-refractivity contribution is 7.86. The first-order valence-electron chi connectivity index (χ1n) is 7.77. The van der Waals surface area contributed by atoms with E-state index in [1.165, 1.54) is 0 Å². The minimum atomic E-state index is -3.85. The van der Waals surface area contributed by atoms with Crippen molar-refractivity contribution in [3.8, 4) is 0 Å². The summed E-state index contributed by atoms with van der Waals surface area (Å²) in [6.45, 7) is 7.90. The summed E-state index contributed by atoms with van der Waals surface area (Å²) in [5.41, 5.74) is -0.0703. The number of aryl methyl sites for hydroxylation is 1. The van der Waals surface area contributed by atoms with Crippen LogP contribution in [-0.4, -0.2) is 25.2 Å². The molecule has 3 fully saturated rings. The Kier molecular flexibility index (Phi) is 3.48. The van der Waals surface area contributed by atoms with Gasteiger partial charge in [-0.05, 0) is 56.1 Å². The molecule has 0 aromatic heterocycles. The quantitative estimate of drug-likeness (QED) is 0.868. The zero-order valence-corrected chi connectivity index (χ0v) is 14.4. The van der Waals surface area contributed by atoms with E-state index in [0.717, 1.165) is 12.0 Å². The van der Waals surface area contributed by atoms with Gasteiger partial charge >= 0.3 is 0 Å². The first-order valence-corrected chi connectivity index (χ1v) is 9.18. The van der Waals surface area contributed by atoms with Crippen molar-refractivity contribution in [2.45, 2.75) is 57.1 Å². The standard InChI is InChI=1S/C17H24O4S/c1-11-5-7-13(8-6-11)22(19,20)21-15-10-12-9-14(16(12,2)3)17(15,4)18/h5-8,12,14-15,18H,9-10H2,1-4H3/t12-,14+,15+,17+/m1/s1. The number of rotatable bonds is 3. The van der Waals surface area contributed by atoms with Crippen molar-refractivity contribution in [2.24, 2.45) is 17.3 Å².